The van der Waals surface area contributed by atoms with E-state index in [1.54, 1.807) is 0 Å². The van der Waals surface area contributed by atoms with E-state index in [2.05, 4.69) is 52.9 Å². The van der Waals surface area contributed by atoms with Crippen molar-refractivity contribution in [2.45, 2.75) is 56.8 Å². The van der Waals surface area contributed by atoms with E-state index in [1.165, 1.54) is 18.4 Å². The molecule has 1 aromatic rings. The van der Waals surface area contributed by atoms with Crippen molar-refractivity contribution in [2.75, 3.05) is 13.6 Å². The molecule has 0 radical (unpaired) electrons. The molecular weight excluding hydrogens is 274 g/mol. The van der Waals surface area contributed by atoms with Crippen molar-refractivity contribution in [1.29, 1.82) is 0 Å². The number of guanidine groups is 1. The fraction of sp³-hybridized carbons (Fsp3) is 0.611. The zero-order chi connectivity index (χ0) is 15.4. The molecule has 0 aliphatic carbocycles. The lowest BCUT2D eigenvalue weighted by Gasteiger charge is -2.24. The van der Waals surface area contributed by atoms with E-state index < -0.39 is 0 Å². The van der Waals surface area contributed by atoms with Crippen LogP contribution < -0.4 is 10.6 Å². The first-order chi connectivity index (χ1) is 10.8. The summed E-state index contributed by atoms with van der Waals surface area (Å²) in [4.78, 5) is 4.37. The number of aliphatic imine (C=N–C) groups is 1. The van der Waals surface area contributed by atoms with Crippen molar-refractivity contribution < 1.29 is 4.74 Å². The summed E-state index contributed by atoms with van der Waals surface area (Å²) in [5.74, 6) is 1.41. The fourth-order valence-corrected chi connectivity index (χ4v) is 3.60. The van der Waals surface area contributed by atoms with Gasteiger partial charge in [-0.15, -0.1) is 0 Å². The molecule has 0 amide bonds. The van der Waals surface area contributed by atoms with Gasteiger partial charge in [0, 0.05) is 19.5 Å². The van der Waals surface area contributed by atoms with Crippen LogP contribution in [0.4, 0.5) is 0 Å². The first-order valence-corrected chi connectivity index (χ1v) is 8.47. The van der Waals surface area contributed by atoms with Gasteiger partial charge in [-0.05, 0) is 31.2 Å². The van der Waals surface area contributed by atoms with E-state index >= 15 is 0 Å². The summed E-state index contributed by atoms with van der Waals surface area (Å²) in [6.45, 7) is 3.14. The minimum atomic E-state index is 0.375. The number of nitrogens with zero attached hydrogens (tertiary/aromatic N) is 1. The summed E-state index contributed by atoms with van der Waals surface area (Å²) in [5.41, 5.74) is 1.39. The molecule has 4 atom stereocenters. The Morgan fingerprint density at radius 1 is 1.32 bits per heavy atom. The molecule has 2 saturated heterocycles. The van der Waals surface area contributed by atoms with Crippen LogP contribution in [-0.4, -0.2) is 37.8 Å². The van der Waals surface area contributed by atoms with Crippen LogP contribution in [0.5, 0.6) is 0 Å². The third-order valence-corrected chi connectivity index (χ3v) is 4.93. The van der Waals surface area contributed by atoms with Crippen LogP contribution in [0.1, 0.15) is 44.1 Å². The smallest absolute Gasteiger partial charge is 0.191 e. The predicted octanol–water partition coefficient (Wildman–Crippen LogP) is 2.67. The highest BCUT2D eigenvalue weighted by molar-refractivity contribution is 5.80. The van der Waals surface area contributed by atoms with Crippen LogP contribution in [0.2, 0.25) is 0 Å². The second-order valence-corrected chi connectivity index (χ2v) is 6.33. The van der Waals surface area contributed by atoms with Gasteiger partial charge in [0.1, 0.15) is 0 Å². The number of nitrogens with one attached hydrogen (secondary N) is 2. The first kappa shape index (κ1) is 15.3. The number of hydrogen-bond acceptors (Lipinski definition) is 2. The number of hydrogen-bond donors (Lipinski definition) is 2. The molecule has 2 N–H and O–H groups in total. The topological polar surface area (TPSA) is 45.7 Å². The third kappa shape index (κ3) is 3.43. The van der Waals surface area contributed by atoms with Crippen LogP contribution in [-0.2, 0) is 4.74 Å². The third-order valence-electron chi connectivity index (χ3n) is 4.93. The summed E-state index contributed by atoms with van der Waals surface area (Å²) >= 11 is 0. The maximum atomic E-state index is 5.90. The molecule has 0 saturated carbocycles. The largest absolute Gasteiger partial charge is 0.373 e. The van der Waals surface area contributed by atoms with Crippen molar-refractivity contribution in [2.24, 2.45) is 4.99 Å². The maximum Gasteiger partial charge on any atom is 0.191 e. The van der Waals surface area contributed by atoms with Gasteiger partial charge in [-0.1, -0.05) is 37.3 Å². The van der Waals surface area contributed by atoms with E-state index in [1.807, 2.05) is 7.05 Å². The van der Waals surface area contributed by atoms with E-state index in [0.717, 1.165) is 25.3 Å². The Bertz CT molecular complexity index is 502. The Morgan fingerprint density at radius 3 is 2.73 bits per heavy atom. The second-order valence-electron chi connectivity index (χ2n) is 6.33. The number of ether oxygens (including phenoxy) is 1. The summed E-state index contributed by atoms with van der Waals surface area (Å²) in [5, 5.41) is 7.03. The number of benzene rings is 1. The van der Waals surface area contributed by atoms with Gasteiger partial charge in [-0.3, -0.25) is 4.99 Å². The van der Waals surface area contributed by atoms with Crippen LogP contribution in [0.3, 0.4) is 0 Å². The monoisotopic (exact) mass is 301 g/mol. The first-order valence-electron chi connectivity index (χ1n) is 8.47. The van der Waals surface area contributed by atoms with Crippen LogP contribution in [0.25, 0.3) is 0 Å². The quantitative estimate of drug-likeness (QED) is 0.649. The van der Waals surface area contributed by atoms with Crippen molar-refractivity contribution >= 4 is 5.96 Å². The Hall–Kier alpha value is -1.55. The molecule has 4 nitrogen and oxygen atoms in total. The van der Waals surface area contributed by atoms with Gasteiger partial charge in [0.15, 0.2) is 5.96 Å². The zero-order valence-corrected chi connectivity index (χ0v) is 13.6. The van der Waals surface area contributed by atoms with E-state index in [4.69, 9.17) is 4.74 Å². The SMILES string of the molecule is CCC(CNC(=NC)NC1CC2CCC1O2)c1ccccc1. The van der Waals surface area contributed by atoms with E-state index in [0.29, 0.717) is 24.2 Å². The van der Waals surface area contributed by atoms with Crippen molar-refractivity contribution in [1.82, 2.24) is 10.6 Å². The highest BCUT2D eigenvalue weighted by atomic mass is 16.5. The molecule has 0 aromatic heterocycles. The van der Waals surface area contributed by atoms with Crippen LogP contribution >= 0.6 is 0 Å². The Balaban J connectivity index is 1.52. The summed E-state index contributed by atoms with van der Waals surface area (Å²) in [7, 11) is 1.84. The Kier molecular flexibility index (Phi) is 4.98. The predicted molar refractivity (Wildman–Crippen MR) is 90.3 cm³/mol. The molecule has 2 bridgehead atoms. The second kappa shape index (κ2) is 7.14. The van der Waals surface area contributed by atoms with E-state index in [9.17, 15) is 0 Å². The van der Waals surface area contributed by atoms with Crippen molar-refractivity contribution in [3.8, 4) is 0 Å². The van der Waals surface area contributed by atoms with Crippen LogP contribution in [0, 0.1) is 0 Å². The molecule has 0 spiro atoms. The van der Waals surface area contributed by atoms with Gasteiger partial charge >= 0.3 is 0 Å². The van der Waals surface area contributed by atoms with Crippen molar-refractivity contribution in [3.05, 3.63) is 35.9 Å². The standard InChI is InChI=1S/C18H27N3O/c1-3-13(14-7-5-4-6-8-14)12-20-18(19-2)21-16-11-15-9-10-17(16)22-15/h4-8,13,15-17H,3,9-12H2,1-2H3,(H2,19,20,21). The minimum Gasteiger partial charge on any atom is -0.373 e. The molecular formula is C18H27N3O. The molecule has 22 heavy (non-hydrogen) atoms. The molecule has 2 heterocycles. The van der Waals surface area contributed by atoms with Gasteiger partial charge in [0.2, 0.25) is 0 Å². The van der Waals surface area contributed by atoms with Crippen LogP contribution in [0.15, 0.2) is 35.3 Å². The highest BCUT2D eigenvalue weighted by Crippen LogP contribution is 2.34. The van der Waals surface area contributed by atoms with Gasteiger partial charge in [-0.2, -0.15) is 0 Å². The van der Waals surface area contributed by atoms with Gasteiger partial charge in [0.05, 0.1) is 18.2 Å². The lowest BCUT2D eigenvalue weighted by Crippen LogP contribution is -2.48. The molecule has 2 aliphatic rings. The molecule has 1 aromatic carbocycles. The fourth-order valence-electron chi connectivity index (χ4n) is 3.60. The van der Waals surface area contributed by atoms with Gasteiger partial charge in [0.25, 0.3) is 0 Å². The maximum absolute atomic E-state index is 5.90. The molecule has 4 heteroatoms. The normalized spacial score (nSPS) is 28.6. The molecule has 2 fully saturated rings. The number of rotatable bonds is 5. The molecule has 4 unspecified atom stereocenters. The minimum absolute atomic E-state index is 0.375. The average Bonchev–Trinajstić information content (AvgIpc) is 3.18. The molecule has 120 valence electrons. The van der Waals surface area contributed by atoms with E-state index in [-0.39, 0.29) is 0 Å². The Morgan fingerprint density at radius 2 is 2.14 bits per heavy atom. The Labute approximate surface area is 133 Å². The lowest BCUT2D eigenvalue weighted by atomic mass is 9.95. The lowest BCUT2D eigenvalue weighted by molar-refractivity contribution is 0.0992. The highest BCUT2D eigenvalue weighted by Gasteiger charge is 2.41. The van der Waals surface area contributed by atoms with Gasteiger partial charge < -0.3 is 15.4 Å². The molecule has 3 rings (SSSR count). The summed E-state index contributed by atoms with van der Waals surface area (Å²) < 4.78 is 5.90. The number of fused-ring (bicyclic) bond motifs is 2. The summed E-state index contributed by atoms with van der Waals surface area (Å²) in [6, 6.07) is 11.1. The summed E-state index contributed by atoms with van der Waals surface area (Å²) in [6.07, 6.45) is 5.47. The van der Waals surface area contributed by atoms with Gasteiger partial charge in [-0.25, -0.2) is 0 Å². The van der Waals surface area contributed by atoms with Crippen molar-refractivity contribution in [3.63, 3.8) is 0 Å². The molecule has 2 aliphatic heterocycles. The average molecular weight is 301 g/mol. The zero-order valence-electron chi connectivity index (χ0n) is 13.6.